The van der Waals surface area contributed by atoms with Crippen molar-refractivity contribution in [2.75, 3.05) is 126 Å². The van der Waals surface area contributed by atoms with Gasteiger partial charge in [-0.3, -0.25) is 0 Å². The highest BCUT2D eigenvalue weighted by molar-refractivity contribution is 5.20. The zero-order valence-electron chi connectivity index (χ0n) is 26.1. The number of ether oxygens (including phenoxy) is 10. The van der Waals surface area contributed by atoms with Crippen molar-refractivity contribution in [3.05, 3.63) is 30.3 Å². The number of para-hydroxylation sites is 1. The maximum atomic E-state index is 5.58. The summed E-state index contributed by atoms with van der Waals surface area (Å²) in [5.74, 6) is 0.849. The molecule has 0 aliphatic rings. The van der Waals surface area contributed by atoms with Gasteiger partial charge in [0.1, 0.15) is 12.4 Å². The fourth-order valence-electron chi connectivity index (χ4n) is 3.58. The third-order valence-electron chi connectivity index (χ3n) is 5.86. The summed E-state index contributed by atoms with van der Waals surface area (Å²) in [6, 6.07) is 9.69. The highest BCUT2D eigenvalue weighted by Crippen LogP contribution is 2.07. The molecule has 0 saturated heterocycles. The van der Waals surface area contributed by atoms with Crippen LogP contribution in [0.2, 0.25) is 0 Å². The van der Waals surface area contributed by atoms with E-state index in [4.69, 9.17) is 47.4 Å². The molecule has 0 aliphatic heterocycles. The second-order valence-electron chi connectivity index (χ2n) is 9.44. The Bertz CT molecular complexity index is 623. The van der Waals surface area contributed by atoms with Gasteiger partial charge in [0, 0.05) is 6.61 Å². The summed E-state index contributed by atoms with van der Waals surface area (Å²) in [6.45, 7) is 12.9. The summed E-state index contributed by atoms with van der Waals surface area (Å²) < 4.78 is 55.0. The fraction of sp³-hybridized carbons (Fsp3) is 0.812. The quantitative estimate of drug-likeness (QED) is 0.103. The van der Waals surface area contributed by atoms with Gasteiger partial charge < -0.3 is 47.4 Å². The number of rotatable bonds is 35. The molecule has 246 valence electrons. The molecule has 0 N–H and O–H groups in total. The van der Waals surface area contributed by atoms with Crippen LogP contribution in [0, 0.1) is 0 Å². The third kappa shape index (κ3) is 30.1. The second kappa shape index (κ2) is 34.2. The van der Waals surface area contributed by atoms with Crippen LogP contribution in [0.4, 0.5) is 0 Å². The van der Waals surface area contributed by atoms with Crippen LogP contribution in [-0.4, -0.2) is 126 Å². The van der Waals surface area contributed by atoms with Gasteiger partial charge in [0.25, 0.3) is 0 Å². The highest BCUT2D eigenvalue weighted by Gasteiger charge is 1.97. The van der Waals surface area contributed by atoms with E-state index in [1.807, 2.05) is 30.3 Å². The van der Waals surface area contributed by atoms with E-state index in [9.17, 15) is 0 Å². The molecule has 0 heterocycles. The van der Waals surface area contributed by atoms with Crippen molar-refractivity contribution in [1.29, 1.82) is 0 Å². The Morgan fingerprint density at radius 3 is 1.02 bits per heavy atom. The third-order valence-corrected chi connectivity index (χ3v) is 5.86. The summed E-state index contributed by atoms with van der Waals surface area (Å²) >= 11 is 0. The number of hydrogen-bond donors (Lipinski definition) is 0. The lowest BCUT2D eigenvalue weighted by Crippen LogP contribution is -2.15. The first-order chi connectivity index (χ1) is 20.9. The lowest BCUT2D eigenvalue weighted by molar-refractivity contribution is -0.0254. The van der Waals surface area contributed by atoms with E-state index in [0.717, 1.165) is 18.8 Å². The van der Waals surface area contributed by atoms with E-state index in [1.54, 1.807) is 0 Å². The Morgan fingerprint density at radius 2 is 0.643 bits per heavy atom. The van der Waals surface area contributed by atoms with E-state index in [1.165, 1.54) is 32.1 Å². The van der Waals surface area contributed by atoms with Crippen molar-refractivity contribution < 1.29 is 47.4 Å². The summed E-state index contributed by atoms with van der Waals surface area (Å²) in [5, 5.41) is 0. The molecule has 1 aromatic carbocycles. The van der Waals surface area contributed by atoms with Crippen molar-refractivity contribution in [3.63, 3.8) is 0 Å². The van der Waals surface area contributed by atoms with Gasteiger partial charge in [-0.25, -0.2) is 0 Å². The van der Waals surface area contributed by atoms with E-state index in [-0.39, 0.29) is 0 Å². The van der Waals surface area contributed by atoms with Gasteiger partial charge in [-0.05, 0) is 18.6 Å². The van der Waals surface area contributed by atoms with Gasteiger partial charge in [-0.2, -0.15) is 0 Å². The number of unbranched alkanes of at least 4 members (excludes halogenated alkanes) is 5. The molecule has 0 aromatic heterocycles. The Kier molecular flexibility index (Phi) is 31.5. The first-order valence-electron chi connectivity index (χ1n) is 15.8. The van der Waals surface area contributed by atoms with Gasteiger partial charge in [-0.1, -0.05) is 57.2 Å². The van der Waals surface area contributed by atoms with Crippen molar-refractivity contribution in [1.82, 2.24) is 0 Å². The molecule has 0 amide bonds. The molecular weight excluding hydrogens is 544 g/mol. The Morgan fingerprint density at radius 1 is 0.333 bits per heavy atom. The SMILES string of the molecule is CCCCCCCCOCCOCCOCCOCCOCCOCCOCCOCCOCCOc1ccccc1. The van der Waals surface area contributed by atoms with Crippen molar-refractivity contribution in [3.8, 4) is 5.75 Å². The van der Waals surface area contributed by atoms with Crippen LogP contribution in [0.1, 0.15) is 45.4 Å². The number of benzene rings is 1. The molecular formula is C32H58O10. The van der Waals surface area contributed by atoms with E-state index < -0.39 is 0 Å². The topological polar surface area (TPSA) is 92.3 Å². The van der Waals surface area contributed by atoms with Crippen LogP contribution in [0.15, 0.2) is 30.3 Å². The zero-order valence-corrected chi connectivity index (χ0v) is 26.1. The maximum absolute atomic E-state index is 5.58. The molecule has 1 aromatic rings. The predicted octanol–water partition coefficient (Wildman–Crippen LogP) is 4.58. The zero-order chi connectivity index (χ0) is 29.9. The van der Waals surface area contributed by atoms with E-state index >= 15 is 0 Å². The van der Waals surface area contributed by atoms with Gasteiger partial charge in [0.05, 0.1) is 112 Å². The molecule has 42 heavy (non-hydrogen) atoms. The molecule has 1 rings (SSSR count). The van der Waals surface area contributed by atoms with Crippen LogP contribution in [0.25, 0.3) is 0 Å². The van der Waals surface area contributed by atoms with Gasteiger partial charge in [-0.15, -0.1) is 0 Å². The average Bonchev–Trinajstić information content (AvgIpc) is 3.01. The maximum Gasteiger partial charge on any atom is 0.119 e. The van der Waals surface area contributed by atoms with Crippen molar-refractivity contribution in [2.45, 2.75) is 45.4 Å². The van der Waals surface area contributed by atoms with Gasteiger partial charge in [0.2, 0.25) is 0 Å². The molecule has 0 spiro atoms. The van der Waals surface area contributed by atoms with Crippen LogP contribution in [-0.2, 0) is 42.6 Å². The minimum Gasteiger partial charge on any atom is -0.491 e. The van der Waals surface area contributed by atoms with Crippen molar-refractivity contribution >= 4 is 0 Å². The summed E-state index contributed by atoms with van der Waals surface area (Å²) in [7, 11) is 0. The van der Waals surface area contributed by atoms with E-state index in [0.29, 0.717) is 119 Å². The second-order valence-corrected chi connectivity index (χ2v) is 9.44. The smallest absolute Gasteiger partial charge is 0.119 e. The molecule has 0 aliphatic carbocycles. The summed E-state index contributed by atoms with van der Waals surface area (Å²) in [4.78, 5) is 0. The monoisotopic (exact) mass is 602 g/mol. The molecule has 0 radical (unpaired) electrons. The lowest BCUT2D eigenvalue weighted by Gasteiger charge is -2.09. The minimum atomic E-state index is 0.523. The largest absolute Gasteiger partial charge is 0.491 e. The highest BCUT2D eigenvalue weighted by atomic mass is 16.6. The molecule has 0 bridgehead atoms. The van der Waals surface area contributed by atoms with Crippen LogP contribution in [0.3, 0.4) is 0 Å². The van der Waals surface area contributed by atoms with E-state index in [2.05, 4.69) is 6.92 Å². The first kappa shape index (κ1) is 38.7. The minimum absolute atomic E-state index is 0.523. The average molecular weight is 603 g/mol. The predicted molar refractivity (Wildman–Crippen MR) is 163 cm³/mol. The van der Waals surface area contributed by atoms with Crippen LogP contribution >= 0.6 is 0 Å². The van der Waals surface area contributed by atoms with Crippen molar-refractivity contribution in [2.24, 2.45) is 0 Å². The Hall–Kier alpha value is -1.34. The molecule has 10 heteroatoms. The fourth-order valence-corrected chi connectivity index (χ4v) is 3.58. The molecule has 0 atom stereocenters. The van der Waals surface area contributed by atoms with Gasteiger partial charge in [0.15, 0.2) is 0 Å². The first-order valence-corrected chi connectivity index (χ1v) is 15.8. The molecule has 0 fully saturated rings. The number of hydrogen-bond acceptors (Lipinski definition) is 10. The lowest BCUT2D eigenvalue weighted by atomic mass is 10.1. The molecule has 10 nitrogen and oxygen atoms in total. The van der Waals surface area contributed by atoms with Gasteiger partial charge >= 0.3 is 0 Å². The summed E-state index contributed by atoms with van der Waals surface area (Å²) in [5.41, 5.74) is 0. The normalized spacial score (nSPS) is 11.4. The Labute approximate surface area is 254 Å². The molecule has 0 saturated carbocycles. The standard InChI is InChI=1S/C32H58O10/c1-2-3-4-5-6-10-13-33-14-15-34-16-17-35-18-19-36-20-21-37-22-23-38-24-25-39-26-27-40-28-29-41-30-31-42-32-11-8-7-9-12-32/h7-9,11-12H,2-6,10,13-31H2,1H3. The van der Waals surface area contributed by atoms with Crippen LogP contribution in [0.5, 0.6) is 5.75 Å². The summed E-state index contributed by atoms with van der Waals surface area (Å²) in [6.07, 6.45) is 7.70. The molecule has 0 unspecified atom stereocenters. The Balaban J connectivity index is 1.61. The van der Waals surface area contributed by atoms with Crippen LogP contribution < -0.4 is 4.74 Å².